The lowest BCUT2D eigenvalue weighted by molar-refractivity contribution is -0.136. The van der Waals surface area contributed by atoms with Crippen LogP contribution < -0.4 is 5.32 Å². The average Bonchev–Trinajstić information content (AvgIpc) is 2.85. The van der Waals surface area contributed by atoms with Crippen molar-refractivity contribution in [1.82, 2.24) is 9.88 Å². The van der Waals surface area contributed by atoms with Crippen LogP contribution in [0.3, 0.4) is 0 Å². The lowest BCUT2D eigenvalue weighted by Crippen LogP contribution is -2.44. The van der Waals surface area contributed by atoms with E-state index in [-0.39, 0.29) is 11.4 Å². The molecule has 0 radical (unpaired) electrons. The first-order valence-corrected chi connectivity index (χ1v) is 7.19. The number of nitrogens with zero attached hydrogens (tertiary/aromatic N) is 2. The molecule has 108 valence electrons. The molecule has 1 aromatic rings. The first kappa shape index (κ1) is 14.8. The standard InChI is InChI=1S/C11H13N3O4S2/c15-8(16)5-7-6-20-11(12-7)13-9(17)10(19)14-1-3-18-4-2-14/h6H,1-5H2,(H,15,16)(H,12,13,17). The Hall–Kier alpha value is -1.58. The second-order valence-corrected chi connectivity index (χ2v) is 5.32. The summed E-state index contributed by atoms with van der Waals surface area (Å²) in [5.74, 6) is -1.37. The summed E-state index contributed by atoms with van der Waals surface area (Å²) >= 11 is 6.29. The van der Waals surface area contributed by atoms with Crippen molar-refractivity contribution in [3.05, 3.63) is 11.1 Å². The molecule has 0 aromatic carbocycles. The Balaban J connectivity index is 1.91. The quantitative estimate of drug-likeness (QED) is 0.779. The number of ether oxygens (including phenoxy) is 1. The number of amides is 1. The van der Waals surface area contributed by atoms with Crippen molar-refractivity contribution in [3.63, 3.8) is 0 Å². The maximum absolute atomic E-state index is 12.0. The van der Waals surface area contributed by atoms with Gasteiger partial charge in [0.05, 0.1) is 25.3 Å². The monoisotopic (exact) mass is 315 g/mol. The van der Waals surface area contributed by atoms with E-state index in [9.17, 15) is 9.59 Å². The Kier molecular flexibility index (Phi) is 4.99. The van der Waals surface area contributed by atoms with Crippen LogP contribution in [0.25, 0.3) is 0 Å². The highest BCUT2D eigenvalue weighted by molar-refractivity contribution is 7.82. The number of carboxylic acids is 1. The molecule has 20 heavy (non-hydrogen) atoms. The third kappa shape index (κ3) is 3.95. The minimum atomic E-state index is -0.961. The van der Waals surface area contributed by atoms with E-state index in [1.54, 1.807) is 10.3 Å². The number of thiocarbonyl (C=S) groups is 1. The van der Waals surface area contributed by atoms with Gasteiger partial charge in [-0.15, -0.1) is 11.3 Å². The van der Waals surface area contributed by atoms with Gasteiger partial charge < -0.3 is 14.7 Å². The zero-order valence-electron chi connectivity index (χ0n) is 10.5. The normalized spacial score (nSPS) is 14.9. The van der Waals surface area contributed by atoms with Gasteiger partial charge in [0.15, 0.2) is 10.1 Å². The third-order valence-electron chi connectivity index (χ3n) is 2.60. The van der Waals surface area contributed by atoms with Crippen molar-refractivity contribution in [2.45, 2.75) is 6.42 Å². The summed E-state index contributed by atoms with van der Waals surface area (Å²) in [6.45, 7) is 2.28. The van der Waals surface area contributed by atoms with E-state index in [1.807, 2.05) is 0 Å². The second kappa shape index (κ2) is 6.73. The van der Waals surface area contributed by atoms with Crippen LogP contribution in [-0.4, -0.2) is 58.2 Å². The number of aliphatic carboxylic acids is 1. The SMILES string of the molecule is O=C(O)Cc1csc(NC(=O)C(=S)N2CCOCC2)n1. The maximum Gasteiger partial charge on any atom is 0.309 e. The number of hydrogen-bond acceptors (Lipinski definition) is 6. The molecule has 0 atom stereocenters. The highest BCUT2D eigenvalue weighted by Crippen LogP contribution is 2.16. The fourth-order valence-corrected chi connectivity index (χ4v) is 2.60. The number of carboxylic acid groups (broad SMARTS) is 1. The first-order chi connectivity index (χ1) is 9.56. The van der Waals surface area contributed by atoms with E-state index in [0.717, 1.165) is 0 Å². The number of carbonyl (C=O) groups excluding carboxylic acids is 1. The van der Waals surface area contributed by atoms with Crippen molar-refractivity contribution in [2.75, 3.05) is 31.6 Å². The summed E-state index contributed by atoms with van der Waals surface area (Å²) in [4.78, 5) is 28.5. The van der Waals surface area contributed by atoms with Crippen LogP contribution in [0.15, 0.2) is 5.38 Å². The molecule has 0 spiro atoms. The number of aromatic nitrogens is 1. The summed E-state index contributed by atoms with van der Waals surface area (Å²) in [6.07, 6.45) is -0.166. The molecule has 1 amide bonds. The van der Waals surface area contributed by atoms with Gasteiger partial charge in [0.2, 0.25) is 0 Å². The van der Waals surface area contributed by atoms with Crippen molar-refractivity contribution < 1.29 is 19.4 Å². The van der Waals surface area contributed by atoms with E-state index in [1.165, 1.54) is 11.3 Å². The molecule has 0 unspecified atom stereocenters. The van der Waals surface area contributed by atoms with Crippen LogP contribution >= 0.6 is 23.6 Å². The Morgan fingerprint density at radius 2 is 2.20 bits per heavy atom. The molecule has 0 aliphatic carbocycles. The van der Waals surface area contributed by atoms with Crippen LogP contribution in [-0.2, 0) is 20.7 Å². The molecular weight excluding hydrogens is 302 g/mol. The van der Waals surface area contributed by atoms with Gasteiger partial charge >= 0.3 is 5.97 Å². The van der Waals surface area contributed by atoms with Crippen LogP contribution in [0.1, 0.15) is 5.69 Å². The predicted octanol–water partition coefficient (Wildman–Crippen LogP) is 0.368. The Bertz CT molecular complexity index is 525. The van der Waals surface area contributed by atoms with Gasteiger partial charge in [-0.1, -0.05) is 12.2 Å². The van der Waals surface area contributed by atoms with Gasteiger partial charge in [-0.05, 0) is 0 Å². The molecule has 2 heterocycles. The lowest BCUT2D eigenvalue weighted by atomic mass is 10.3. The summed E-state index contributed by atoms with van der Waals surface area (Å²) in [5.41, 5.74) is 0.412. The number of carbonyl (C=O) groups is 2. The molecule has 1 fully saturated rings. The molecule has 0 saturated carbocycles. The minimum Gasteiger partial charge on any atom is -0.481 e. The summed E-state index contributed by atoms with van der Waals surface area (Å²) in [6, 6.07) is 0. The molecular formula is C11H13N3O4S2. The van der Waals surface area contributed by atoms with Crippen molar-refractivity contribution in [2.24, 2.45) is 0 Å². The number of rotatable bonds is 3. The molecule has 9 heteroatoms. The molecule has 0 bridgehead atoms. The van der Waals surface area contributed by atoms with Crippen LogP contribution in [0, 0.1) is 0 Å². The molecule has 2 rings (SSSR count). The molecule has 1 aliphatic heterocycles. The van der Waals surface area contributed by atoms with Crippen LogP contribution in [0.4, 0.5) is 5.13 Å². The topological polar surface area (TPSA) is 91.8 Å². The van der Waals surface area contributed by atoms with Crippen LogP contribution in [0.5, 0.6) is 0 Å². The number of anilines is 1. The summed E-state index contributed by atoms with van der Waals surface area (Å²) in [5, 5.41) is 13.2. The van der Waals surface area contributed by atoms with Crippen molar-refractivity contribution in [1.29, 1.82) is 0 Å². The van der Waals surface area contributed by atoms with E-state index >= 15 is 0 Å². The zero-order valence-corrected chi connectivity index (χ0v) is 12.1. The number of hydrogen-bond donors (Lipinski definition) is 2. The van der Waals surface area contributed by atoms with Crippen LogP contribution in [0.2, 0.25) is 0 Å². The third-order valence-corrected chi connectivity index (χ3v) is 3.85. The van der Waals surface area contributed by atoms with E-state index in [2.05, 4.69) is 10.3 Å². The molecule has 1 aliphatic rings. The van der Waals surface area contributed by atoms with E-state index in [0.29, 0.717) is 37.1 Å². The smallest absolute Gasteiger partial charge is 0.309 e. The highest BCUT2D eigenvalue weighted by Gasteiger charge is 2.20. The Morgan fingerprint density at radius 3 is 2.85 bits per heavy atom. The first-order valence-electron chi connectivity index (χ1n) is 5.90. The van der Waals surface area contributed by atoms with Gasteiger partial charge in [0, 0.05) is 18.5 Å². The molecule has 2 N–H and O–H groups in total. The Morgan fingerprint density at radius 1 is 1.50 bits per heavy atom. The fourth-order valence-electron chi connectivity index (χ4n) is 1.66. The van der Waals surface area contributed by atoms with Gasteiger partial charge in [-0.3, -0.25) is 14.9 Å². The highest BCUT2D eigenvalue weighted by atomic mass is 32.1. The molecule has 7 nitrogen and oxygen atoms in total. The number of morpholine rings is 1. The number of thiazole rings is 1. The summed E-state index contributed by atoms with van der Waals surface area (Å²) in [7, 11) is 0. The largest absolute Gasteiger partial charge is 0.481 e. The van der Waals surface area contributed by atoms with Crippen molar-refractivity contribution in [3.8, 4) is 0 Å². The van der Waals surface area contributed by atoms with Gasteiger partial charge in [0.25, 0.3) is 5.91 Å². The second-order valence-electron chi connectivity index (χ2n) is 4.07. The van der Waals surface area contributed by atoms with E-state index < -0.39 is 11.9 Å². The average molecular weight is 315 g/mol. The predicted molar refractivity (Wildman–Crippen MR) is 77.1 cm³/mol. The minimum absolute atomic E-state index is 0.166. The zero-order chi connectivity index (χ0) is 14.5. The lowest BCUT2D eigenvalue weighted by Gasteiger charge is -2.28. The number of nitrogens with one attached hydrogen (secondary N) is 1. The van der Waals surface area contributed by atoms with Crippen molar-refractivity contribution >= 4 is 45.6 Å². The molecule has 1 aromatic heterocycles. The van der Waals surface area contributed by atoms with Gasteiger partial charge in [0.1, 0.15) is 0 Å². The maximum atomic E-state index is 12.0. The molecule has 1 saturated heterocycles. The Labute approximate surface area is 124 Å². The van der Waals surface area contributed by atoms with E-state index in [4.69, 9.17) is 22.1 Å². The summed E-state index contributed by atoms with van der Waals surface area (Å²) < 4.78 is 5.19. The van der Waals surface area contributed by atoms with Gasteiger partial charge in [-0.25, -0.2) is 4.98 Å². The van der Waals surface area contributed by atoms with Gasteiger partial charge in [-0.2, -0.15) is 0 Å². The fraction of sp³-hybridized carbons (Fsp3) is 0.455.